The Morgan fingerprint density at radius 1 is 0.741 bits per heavy atom. The molecule has 1 saturated heterocycles. The molecule has 1 spiro atoms. The third kappa shape index (κ3) is 6.55. The second-order valence-electron chi connectivity index (χ2n) is 14.7. The van der Waals surface area contributed by atoms with Gasteiger partial charge >= 0.3 is 29.8 Å². The van der Waals surface area contributed by atoms with Crippen molar-refractivity contribution >= 4 is 35.9 Å². The van der Waals surface area contributed by atoms with E-state index < -0.39 is 88.5 Å². The van der Waals surface area contributed by atoms with Crippen molar-refractivity contribution in [2.45, 2.75) is 95.3 Å². The maximum Gasteiger partial charge on any atom is 0.340 e. The number of aliphatic hydroxyl groups is 1. The molecule has 1 N–H and O–H groups in total. The molecule has 2 aromatic carbocycles. The van der Waals surface area contributed by atoms with Crippen LogP contribution in [0.1, 0.15) is 74.2 Å². The van der Waals surface area contributed by atoms with Crippen molar-refractivity contribution in [3.63, 3.8) is 0 Å². The standard InChI is InChI=1S/C41H43NO12/c1-24(43)49-32-34(52-36(46)27-16-11-8-12-17-27)39(5)30(51-31(45)20-19-26-14-9-7-10-15-26)22-29-33(50-25(2)44)41(39,54-38(29,3)4)40(6,48)35(32)53-37(47)28-18-13-21-42-23-28/h7-21,23,29-30,32-35,48H,22H2,1-6H3/b20-19+/t29-,30-,32+,33+,34-,35-,39+,40-,41-/m0/s1. The topological polar surface area (TPSA) is 174 Å². The first kappa shape index (κ1) is 38.3. The summed E-state index contributed by atoms with van der Waals surface area (Å²) in [5, 5.41) is 13.1. The van der Waals surface area contributed by atoms with E-state index in [1.165, 1.54) is 56.6 Å². The van der Waals surface area contributed by atoms with Crippen molar-refractivity contribution in [3.05, 3.63) is 108 Å². The second-order valence-corrected chi connectivity index (χ2v) is 14.7. The lowest BCUT2D eigenvalue weighted by Gasteiger charge is -2.66. The quantitative estimate of drug-likeness (QED) is 0.182. The van der Waals surface area contributed by atoms with Crippen molar-refractivity contribution in [2.75, 3.05) is 0 Å². The number of benzene rings is 2. The summed E-state index contributed by atoms with van der Waals surface area (Å²) in [5.41, 5.74) is -6.78. The molecule has 3 fully saturated rings. The third-order valence-electron chi connectivity index (χ3n) is 11.0. The van der Waals surface area contributed by atoms with Crippen molar-refractivity contribution in [1.29, 1.82) is 0 Å². The first-order valence-electron chi connectivity index (χ1n) is 17.6. The number of fused-ring (bicyclic) bond motifs is 1. The molecule has 2 bridgehead atoms. The molecule has 1 aliphatic heterocycles. The van der Waals surface area contributed by atoms with E-state index in [1.807, 2.05) is 18.2 Å². The lowest BCUT2D eigenvalue weighted by atomic mass is 9.46. The van der Waals surface area contributed by atoms with Crippen molar-refractivity contribution in [1.82, 2.24) is 4.98 Å². The predicted octanol–water partition coefficient (Wildman–Crippen LogP) is 4.66. The minimum absolute atomic E-state index is 0.00118. The first-order chi connectivity index (χ1) is 25.5. The van der Waals surface area contributed by atoms with Crippen LogP contribution in [0.2, 0.25) is 0 Å². The molecule has 284 valence electrons. The number of esters is 5. The number of hydrogen-bond donors (Lipinski definition) is 1. The number of rotatable bonds is 9. The van der Waals surface area contributed by atoms with E-state index >= 15 is 0 Å². The Bertz CT molecular complexity index is 1930. The highest BCUT2D eigenvalue weighted by atomic mass is 16.7. The molecule has 2 saturated carbocycles. The molecule has 9 atom stereocenters. The zero-order valence-electron chi connectivity index (χ0n) is 30.8. The summed E-state index contributed by atoms with van der Waals surface area (Å²) in [6, 6.07) is 20.0. The average Bonchev–Trinajstić information content (AvgIpc) is 3.32. The molecule has 2 aliphatic carbocycles. The molecular weight excluding hydrogens is 698 g/mol. The Labute approximate surface area is 312 Å². The van der Waals surface area contributed by atoms with Gasteiger partial charge in [-0.2, -0.15) is 0 Å². The highest BCUT2D eigenvalue weighted by Crippen LogP contribution is 2.69. The zero-order valence-corrected chi connectivity index (χ0v) is 30.8. The van der Waals surface area contributed by atoms with Gasteiger partial charge in [-0.3, -0.25) is 14.6 Å². The number of hydrogen-bond acceptors (Lipinski definition) is 13. The van der Waals surface area contributed by atoms with Crippen LogP contribution in [0.4, 0.5) is 0 Å². The van der Waals surface area contributed by atoms with E-state index in [4.69, 9.17) is 28.4 Å². The van der Waals surface area contributed by atoms with E-state index in [-0.39, 0.29) is 17.5 Å². The maximum atomic E-state index is 14.1. The van der Waals surface area contributed by atoms with E-state index in [0.29, 0.717) is 0 Å². The summed E-state index contributed by atoms with van der Waals surface area (Å²) in [5.74, 6) is -4.90. The lowest BCUT2D eigenvalue weighted by molar-refractivity contribution is -0.367. The largest absolute Gasteiger partial charge is 0.459 e. The van der Waals surface area contributed by atoms with E-state index in [2.05, 4.69) is 4.98 Å². The fraction of sp³-hybridized carbons (Fsp3) is 0.415. The van der Waals surface area contributed by atoms with E-state index in [0.717, 1.165) is 12.5 Å². The Balaban J connectivity index is 1.58. The van der Waals surface area contributed by atoms with Crippen molar-refractivity contribution in [2.24, 2.45) is 11.3 Å². The average molecular weight is 742 g/mol. The molecule has 0 radical (unpaired) electrons. The summed E-state index contributed by atoms with van der Waals surface area (Å²) >= 11 is 0. The molecule has 2 heterocycles. The summed E-state index contributed by atoms with van der Waals surface area (Å²) < 4.78 is 37.5. The van der Waals surface area contributed by atoms with Crippen LogP contribution in [-0.4, -0.2) is 87.3 Å². The van der Waals surface area contributed by atoms with Crippen LogP contribution in [-0.2, 0) is 42.8 Å². The number of nitrogens with zero attached hydrogens (tertiary/aromatic N) is 1. The van der Waals surface area contributed by atoms with Gasteiger partial charge in [-0.15, -0.1) is 0 Å². The molecule has 0 amide bonds. The highest BCUT2D eigenvalue weighted by Gasteiger charge is 2.87. The molecular formula is C41H43NO12. The van der Waals surface area contributed by atoms with E-state index in [1.54, 1.807) is 57.2 Å². The van der Waals surface area contributed by atoms with Crippen LogP contribution < -0.4 is 0 Å². The molecule has 6 rings (SSSR count). The Morgan fingerprint density at radius 2 is 1.33 bits per heavy atom. The van der Waals surface area contributed by atoms with Crippen LogP contribution in [0.15, 0.2) is 91.3 Å². The minimum Gasteiger partial charge on any atom is -0.459 e. The van der Waals surface area contributed by atoms with Gasteiger partial charge in [0, 0.05) is 38.2 Å². The number of carbonyl (C=O) groups is 5. The Hall–Kier alpha value is -5.40. The Morgan fingerprint density at radius 3 is 1.94 bits per heavy atom. The van der Waals surface area contributed by atoms with Gasteiger partial charge in [0.05, 0.1) is 22.1 Å². The molecule has 3 aromatic rings. The number of pyridine rings is 1. The normalized spacial score (nSPS) is 32.1. The Kier molecular flexibility index (Phi) is 10.3. The zero-order chi connectivity index (χ0) is 39.1. The van der Waals surface area contributed by atoms with Crippen molar-refractivity contribution < 1.29 is 57.5 Å². The molecule has 3 aliphatic rings. The third-order valence-corrected chi connectivity index (χ3v) is 11.0. The van der Waals surface area contributed by atoms with Gasteiger partial charge in [-0.25, -0.2) is 14.4 Å². The molecule has 13 heteroatoms. The van der Waals surface area contributed by atoms with Crippen molar-refractivity contribution in [3.8, 4) is 0 Å². The second kappa shape index (κ2) is 14.4. The van der Waals surface area contributed by atoms with Gasteiger partial charge in [0.15, 0.2) is 23.9 Å². The van der Waals surface area contributed by atoms with E-state index in [9.17, 15) is 29.1 Å². The molecule has 54 heavy (non-hydrogen) atoms. The van der Waals surface area contributed by atoms with Crippen LogP contribution >= 0.6 is 0 Å². The molecule has 13 nitrogen and oxygen atoms in total. The molecule has 1 aromatic heterocycles. The summed E-state index contributed by atoms with van der Waals surface area (Å²) in [4.78, 5) is 71.4. The number of carbonyl (C=O) groups excluding carboxylic acids is 5. The van der Waals surface area contributed by atoms with Crippen LogP contribution in [0.25, 0.3) is 6.08 Å². The first-order valence-corrected chi connectivity index (χ1v) is 17.6. The maximum absolute atomic E-state index is 14.1. The van der Waals surface area contributed by atoms with Gasteiger partial charge < -0.3 is 33.5 Å². The smallest absolute Gasteiger partial charge is 0.340 e. The highest BCUT2D eigenvalue weighted by molar-refractivity contribution is 5.90. The predicted molar refractivity (Wildman–Crippen MR) is 190 cm³/mol. The summed E-state index contributed by atoms with van der Waals surface area (Å²) in [6.45, 7) is 8.65. The lowest BCUT2D eigenvalue weighted by Crippen LogP contribution is -2.86. The van der Waals surface area contributed by atoms with Crippen LogP contribution in [0.5, 0.6) is 0 Å². The summed E-state index contributed by atoms with van der Waals surface area (Å²) in [7, 11) is 0. The number of ether oxygens (including phenoxy) is 6. The van der Waals surface area contributed by atoms with Gasteiger partial charge in [0.2, 0.25) is 0 Å². The van der Waals surface area contributed by atoms with Crippen LogP contribution in [0.3, 0.4) is 0 Å². The summed E-state index contributed by atoms with van der Waals surface area (Å²) in [6.07, 6.45) is -2.21. The SMILES string of the molecule is CC(=O)O[C@@H]1[C@H](OC(=O)c2ccccc2)[C@@]2(C)[C@@H](OC(=O)/C=C/c3ccccc3)C[C@H]3[C@@H](OC(C)=O)[C@@]2(OC3(C)C)[C@@](C)(O)[C@H]1OC(=O)c1cccnc1. The van der Waals surface area contributed by atoms with Gasteiger partial charge in [-0.05, 0) is 70.0 Å². The van der Waals surface area contributed by atoms with Crippen LogP contribution in [0, 0.1) is 11.3 Å². The van der Waals surface area contributed by atoms with Gasteiger partial charge in [-0.1, -0.05) is 48.5 Å². The fourth-order valence-corrected chi connectivity index (χ4v) is 8.63. The molecule has 0 unspecified atom stereocenters. The monoisotopic (exact) mass is 741 g/mol. The van der Waals surface area contributed by atoms with Gasteiger partial charge in [0.1, 0.15) is 17.8 Å². The fourth-order valence-electron chi connectivity index (χ4n) is 8.63. The van der Waals surface area contributed by atoms with Gasteiger partial charge in [0.25, 0.3) is 0 Å². The number of aromatic nitrogens is 1. The minimum atomic E-state index is -2.41.